The molecule has 0 radical (unpaired) electrons. The van der Waals surface area contributed by atoms with Gasteiger partial charge >= 0.3 is 0 Å². The minimum atomic E-state index is 0.692. The zero-order valence-corrected chi connectivity index (χ0v) is 58.1. The molecule has 11 heteroatoms. The van der Waals surface area contributed by atoms with E-state index in [9.17, 15) is 0 Å². The molecule has 10 heterocycles. The normalized spacial score (nSPS) is 12.1. The molecule has 108 heavy (non-hydrogen) atoms. The van der Waals surface area contributed by atoms with E-state index in [0.717, 1.165) is 84.4 Å². The van der Waals surface area contributed by atoms with E-state index in [-0.39, 0.29) is 0 Å². The highest BCUT2D eigenvalue weighted by atomic mass is 15.1. The van der Waals surface area contributed by atoms with Gasteiger partial charge in [-0.2, -0.15) is 0 Å². The minimum absolute atomic E-state index is 0.692. The van der Waals surface area contributed by atoms with Crippen molar-refractivity contribution in [2.45, 2.75) is 0 Å². The van der Waals surface area contributed by atoms with Crippen LogP contribution < -0.4 is 0 Å². The number of aromatic nitrogens is 11. The SMILES string of the molecule is c1ccc2c(c1)c1ccccc1n2-c1ccc2c(c1)c1cc(-n3c4ccccc4c4ccccc43)ccc1n2-c1ccc(-c2cn3ccccc3n2)cc1.c1ccc2c(c1)c1ccccc1n2-c1ccc2c(c1)c1cc(-n3c4ccccc4c4ccccc43)ccc1n2-c1ccc(-c2cn3cccnc3n2)cc1. The second-order valence-electron chi connectivity index (χ2n) is 28.1. The molecule has 24 rings (SSSR count). The number of pyridine rings is 1. The van der Waals surface area contributed by atoms with Gasteiger partial charge in [0.05, 0.1) is 77.6 Å². The number of fused-ring (bicyclic) bond motifs is 20. The summed E-state index contributed by atoms with van der Waals surface area (Å²) in [7, 11) is 0. The molecule has 504 valence electrons. The van der Waals surface area contributed by atoms with Gasteiger partial charge < -0.3 is 31.8 Å². The first kappa shape index (κ1) is 59.7. The fourth-order valence-electron chi connectivity index (χ4n) is 17.5. The van der Waals surface area contributed by atoms with Crippen LogP contribution in [0.3, 0.4) is 0 Å². The third-order valence-corrected chi connectivity index (χ3v) is 22.3. The number of hydrogen-bond donors (Lipinski definition) is 0. The van der Waals surface area contributed by atoms with Crippen LogP contribution in [0, 0.1) is 0 Å². The van der Waals surface area contributed by atoms with Crippen LogP contribution in [0.1, 0.15) is 0 Å². The van der Waals surface area contributed by atoms with E-state index < -0.39 is 0 Å². The summed E-state index contributed by atoms with van der Waals surface area (Å²) in [4.78, 5) is 14.1. The van der Waals surface area contributed by atoms with Gasteiger partial charge in [0.25, 0.3) is 0 Å². The first-order valence-corrected chi connectivity index (χ1v) is 36.6. The quantitative estimate of drug-likeness (QED) is 0.152. The zero-order valence-electron chi connectivity index (χ0n) is 58.1. The Hall–Kier alpha value is -14.8. The maximum Gasteiger partial charge on any atom is 0.234 e. The number of imidazole rings is 2. The third-order valence-electron chi connectivity index (χ3n) is 22.3. The van der Waals surface area contributed by atoms with E-state index >= 15 is 0 Å². The maximum atomic E-state index is 4.88. The van der Waals surface area contributed by atoms with Gasteiger partial charge in [-0.25, -0.2) is 15.0 Å². The van der Waals surface area contributed by atoms with E-state index in [1.54, 1.807) is 6.20 Å². The van der Waals surface area contributed by atoms with Gasteiger partial charge in [-0.1, -0.05) is 176 Å². The van der Waals surface area contributed by atoms with Gasteiger partial charge in [-0.3, -0.25) is 4.40 Å². The van der Waals surface area contributed by atoms with Crippen molar-refractivity contribution in [3.8, 4) is 56.6 Å². The summed E-state index contributed by atoms with van der Waals surface area (Å²) in [6, 6.07) is 123. The lowest BCUT2D eigenvalue weighted by molar-refractivity contribution is 1.11. The lowest BCUT2D eigenvalue weighted by Gasteiger charge is -2.11. The molecule has 0 saturated carbocycles. The van der Waals surface area contributed by atoms with Crippen molar-refractivity contribution >= 4 is 142 Å². The molecule has 14 aromatic carbocycles. The van der Waals surface area contributed by atoms with Crippen molar-refractivity contribution in [3.05, 3.63) is 371 Å². The van der Waals surface area contributed by atoms with Crippen LogP contribution in [0.25, 0.3) is 199 Å². The number of hydrogen-bond acceptors (Lipinski definition) is 3. The Labute approximate surface area is 617 Å². The highest BCUT2D eigenvalue weighted by Crippen LogP contribution is 2.43. The molecular formula is C97H61N11. The molecule has 0 aliphatic heterocycles. The third kappa shape index (κ3) is 8.99. The molecule has 0 aliphatic rings. The van der Waals surface area contributed by atoms with Crippen molar-refractivity contribution < 1.29 is 0 Å². The summed E-state index contributed by atoms with van der Waals surface area (Å²) in [5.41, 5.74) is 25.9. The summed E-state index contributed by atoms with van der Waals surface area (Å²) >= 11 is 0. The topological polar surface area (TPSA) is 77.1 Å². The number of rotatable bonds is 8. The van der Waals surface area contributed by atoms with Crippen LogP contribution in [0.4, 0.5) is 0 Å². The van der Waals surface area contributed by atoms with Crippen molar-refractivity contribution in [2.24, 2.45) is 0 Å². The van der Waals surface area contributed by atoms with Gasteiger partial charge in [0, 0.05) is 141 Å². The average Bonchev–Trinajstić information content (AvgIpc) is 1.57. The Morgan fingerprint density at radius 3 is 0.769 bits per heavy atom. The molecule has 0 spiro atoms. The molecule has 11 nitrogen and oxygen atoms in total. The van der Waals surface area contributed by atoms with Gasteiger partial charge in [0.15, 0.2) is 0 Å². The number of nitrogens with zero attached hydrogens (tertiary/aromatic N) is 11. The van der Waals surface area contributed by atoms with E-state index in [0.29, 0.717) is 5.78 Å². The summed E-state index contributed by atoms with van der Waals surface area (Å²) in [5.74, 6) is 0.692. The van der Waals surface area contributed by atoms with Crippen LogP contribution >= 0.6 is 0 Å². The first-order chi connectivity index (χ1) is 53.6. The van der Waals surface area contributed by atoms with E-state index in [2.05, 4.69) is 358 Å². The van der Waals surface area contributed by atoms with Crippen LogP contribution in [-0.4, -0.2) is 51.2 Å². The molecule has 0 N–H and O–H groups in total. The van der Waals surface area contributed by atoms with Crippen molar-refractivity contribution in [1.29, 1.82) is 0 Å². The molecule has 0 atom stereocenters. The van der Waals surface area contributed by atoms with Crippen LogP contribution in [-0.2, 0) is 0 Å². The van der Waals surface area contributed by atoms with Crippen molar-refractivity contribution in [1.82, 2.24) is 51.2 Å². The molecule has 0 saturated heterocycles. The smallest absolute Gasteiger partial charge is 0.234 e. The maximum absolute atomic E-state index is 4.88. The van der Waals surface area contributed by atoms with Crippen LogP contribution in [0.15, 0.2) is 371 Å². The first-order valence-electron chi connectivity index (χ1n) is 36.6. The Kier molecular flexibility index (Phi) is 12.9. The van der Waals surface area contributed by atoms with Crippen LogP contribution in [0.2, 0.25) is 0 Å². The predicted octanol–water partition coefficient (Wildman–Crippen LogP) is 24.0. The fraction of sp³-hybridized carbons (Fsp3) is 0. The van der Waals surface area contributed by atoms with Gasteiger partial charge in [-0.05, 0) is 164 Å². The summed E-state index contributed by atoms with van der Waals surface area (Å²) in [6.45, 7) is 0. The lowest BCUT2D eigenvalue weighted by Crippen LogP contribution is -1.96. The molecule has 10 aromatic heterocycles. The van der Waals surface area contributed by atoms with E-state index in [4.69, 9.17) is 9.97 Å². The van der Waals surface area contributed by atoms with Crippen molar-refractivity contribution in [2.75, 3.05) is 0 Å². The summed E-state index contributed by atoms with van der Waals surface area (Å²) < 4.78 is 18.5. The molecular weight excluding hydrogens is 1320 g/mol. The number of para-hydroxylation sites is 8. The molecule has 24 aromatic rings. The lowest BCUT2D eigenvalue weighted by atomic mass is 10.1. The van der Waals surface area contributed by atoms with Gasteiger partial charge in [-0.15, -0.1) is 0 Å². The Morgan fingerprint density at radius 2 is 0.454 bits per heavy atom. The predicted molar refractivity (Wildman–Crippen MR) is 445 cm³/mol. The summed E-state index contributed by atoms with van der Waals surface area (Å²) in [5, 5.41) is 14.9. The Balaban J connectivity index is 0.000000130. The minimum Gasteiger partial charge on any atom is -0.309 e. The molecule has 0 bridgehead atoms. The van der Waals surface area contributed by atoms with Crippen LogP contribution in [0.5, 0.6) is 0 Å². The largest absolute Gasteiger partial charge is 0.309 e. The fourth-order valence-corrected chi connectivity index (χ4v) is 17.5. The average molecular weight is 1380 g/mol. The van der Waals surface area contributed by atoms with Gasteiger partial charge in [0.2, 0.25) is 5.78 Å². The molecule has 0 unspecified atom stereocenters. The zero-order chi connectivity index (χ0) is 70.7. The second kappa shape index (κ2) is 23.4. The van der Waals surface area contributed by atoms with E-state index in [1.807, 2.05) is 47.3 Å². The molecule has 0 aliphatic carbocycles. The second-order valence-corrected chi connectivity index (χ2v) is 28.1. The Morgan fingerprint density at radius 1 is 0.194 bits per heavy atom. The number of benzene rings is 14. The molecule has 0 amide bonds. The summed E-state index contributed by atoms with van der Waals surface area (Å²) in [6.07, 6.45) is 9.92. The molecule has 0 fully saturated rings. The highest BCUT2D eigenvalue weighted by Gasteiger charge is 2.23. The van der Waals surface area contributed by atoms with E-state index in [1.165, 1.54) is 109 Å². The van der Waals surface area contributed by atoms with Crippen molar-refractivity contribution in [3.63, 3.8) is 0 Å². The monoisotopic (exact) mass is 1380 g/mol. The van der Waals surface area contributed by atoms with Gasteiger partial charge in [0.1, 0.15) is 5.65 Å². The highest BCUT2D eigenvalue weighted by molar-refractivity contribution is 6.17. The standard InChI is InChI=1S/C49H31N5.C48H30N6/c1-5-15-43-36(11-1)37-12-2-6-16-44(37)53(43)34-24-26-47-40(29-34)41-30-35(54-45-17-7-3-13-38(45)39-14-4-8-18-46(39)54)25-27-48(41)52(47)33-22-20-32(21-23-33)42-31-51-28-10-9-19-49(51)50-42;1-5-14-42-35(10-1)36-11-2-6-15-43(36)53(42)33-22-24-46-39(28-33)40-29-34(54-44-16-7-3-12-37(44)38-13-4-8-17-45(38)54)23-25-47(40)52(46)32-20-18-31(19-21-32)41-30-51-27-9-26-49-48(51)50-41/h1-31H;1-30H. The Bertz CT molecular complexity index is 6730.